The molecule has 1 aliphatic carbocycles. The van der Waals surface area contributed by atoms with E-state index in [9.17, 15) is 0 Å². The van der Waals surface area contributed by atoms with E-state index in [0.29, 0.717) is 5.65 Å². The van der Waals surface area contributed by atoms with E-state index in [1.54, 1.807) is 16.9 Å². The third-order valence-electron chi connectivity index (χ3n) is 3.82. The first kappa shape index (κ1) is 11.4. The number of fused-ring (bicyclic) bond motifs is 1. The second-order valence-electron chi connectivity index (χ2n) is 5.25. The van der Waals surface area contributed by atoms with Gasteiger partial charge >= 0.3 is 0 Å². The summed E-state index contributed by atoms with van der Waals surface area (Å²) in [7, 11) is 0. The van der Waals surface area contributed by atoms with Crippen LogP contribution in [-0.2, 0) is 0 Å². The van der Waals surface area contributed by atoms with Crippen LogP contribution < -0.4 is 5.32 Å². The van der Waals surface area contributed by atoms with Gasteiger partial charge in [-0.2, -0.15) is 4.52 Å². The Morgan fingerprint density at radius 2 is 2.11 bits per heavy atom. The molecule has 1 fully saturated rings. The molecule has 0 spiro atoms. The maximum atomic E-state index is 4.14. The SMILES string of the molecule is CC1CCC(CNc2cncc3nnnn23)CC1. The van der Waals surface area contributed by atoms with Crippen molar-refractivity contribution in [3.8, 4) is 0 Å². The Bertz CT molecular complexity index is 514. The molecule has 6 heteroatoms. The molecule has 1 saturated carbocycles. The molecule has 18 heavy (non-hydrogen) atoms. The van der Waals surface area contributed by atoms with Gasteiger partial charge in [0.05, 0.1) is 12.4 Å². The zero-order chi connectivity index (χ0) is 12.4. The van der Waals surface area contributed by atoms with Gasteiger partial charge in [-0.3, -0.25) is 4.98 Å². The number of anilines is 1. The molecular weight excluding hydrogens is 228 g/mol. The molecule has 3 rings (SSSR count). The topological polar surface area (TPSA) is 68.0 Å². The van der Waals surface area contributed by atoms with Crippen molar-refractivity contribution in [2.24, 2.45) is 11.8 Å². The summed E-state index contributed by atoms with van der Waals surface area (Å²) >= 11 is 0. The quantitative estimate of drug-likeness (QED) is 0.893. The zero-order valence-corrected chi connectivity index (χ0v) is 10.6. The van der Waals surface area contributed by atoms with Crippen molar-refractivity contribution >= 4 is 11.5 Å². The first-order valence-electron chi connectivity index (χ1n) is 6.59. The largest absolute Gasteiger partial charge is 0.368 e. The fourth-order valence-corrected chi connectivity index (χ4v) is 2.58. The summed E-state index contributed by atoms with van der Waals surface area (Å²) in [4.78, 5) is 4.14. The molecule has 1 aliphatic rings. The van der Waals surface area contributed by atoms with Gasteiger partial charge in [-0.05, 0) is 35.1 Å². The van der Waals surface area contributed by atoms with Gasteiger partial charge in [-0.1, -0.05) is 19.8 Å². The first-order chi connectivity index (χ1) is 8.83. The monoisotopic (exact) mass is 246 g/mol. The van der Waals surface area contributed by atoms with Crippen molar-refractivity contribution < 1.29 is 0 Å². The van der Waals surface area contributed by atoms with Crippen molar-refractivity contribution in [3.63, 3.8) is 0 Å². The van der Waals surface area contributed by atoms with E-state index in [-0.39, 0.29) is 0 Å². The van der Waals surface area contributed by atoms with Crippen LogP contribution in [0.2, 0.25) is 0 Å². The maximum Gasteiger partial charge on any atom is 0.199 e. The molecule has 0 aliphatic heterocycles. The lowest BCUT2D eigenvalue weighted by atomic mass is 9.83. The van der Waals surface area contributed by atoms with Crippen LogP contribution in [0.5, 0.6) is 0 Å². The fourth-order valence-electron chi connectivity index (χ4n) is 2.58. The number of rotatable bonds is 3. The van der Waals surface area contributed by atoms with Crippen LogP contribution in [0.4, 0.5) is 5.82 Å². The molecule has 2 heterocycles. The zero-order valence-electron chi connectivity index (χ0n) is 10.6. The summed E-state index contributed by atoms with van der Waals surface area (Å²) < 4.78 is 1.69. The van der Waals surface area contributed by atoms with E-state index in [1.807, 2.05) is 0 Å². The summed E-state index contributed by atoms with van der Waals surface area (Å²) in [6.45, 7) is 3.32. The van der Waals surface area contributed by atoms with Gasteiger partial charge < -0.3 is 5.32 Å². The molecule has 0 radical (unpaired) electrons. The van der Waals surface area contributed by atoms with Crippen LogP contribution in [0, 0.1) is 11.8 Å². The lowest BCUT2D eigenvalue weighted by Gasteiger charge is -2.26. The molecule has 0 saturated heterocycles. The van der Waals surface area contributed by atoms with Gasteiger partial charge in [-0.25, -0.2) is 0 Å². The molecule has 2 aromatic heterocycles. The highest BCUT2D eigenvalue weighted by atomic mass is 15.5. The van der Waals surface area contributed by atoms with Gasteiger partial charge in [0.2, 0.25) is 0 Å². The Balaban J connectivity index is 1.64. The van der Waals surface area contributed by atoms with Crippen LogP contribution in [0.15, 0.2) is 12.4 Å². The molecule has 0 bridgehead atoms. The smallest absolute Gasteiger partial charge is 0.199 e. The van der Waals surface area contributed by atoms with Crippen molar-refractivity contribution in [1.29, 1.82) is 0 Å². The molecule has 0 atom stereocenters. The molecule has 96 valence electrons. The van der Waals surface area contributed by atoms with Crippen molar-refractivity contribution in [3.05, 3.63) is 12.4 Å². The summed E-state index contributed by atoms with van der Waals surface area (Å²) in [6, 6.07) is 0. The fraction of sp³-hybridized carbons (Fsp3) is 0.667. The van der Waals surface area contributed by atoms with Gasteiger partial charge in [0.1, 0.15) is 5.82 Å². The van der Waals surface area contributed by atoms with E-state index < -0.39 is 0 Å². The molecule has 6 nitrogen and oxygen atoms in total. The summed E-state index contributed by atoms with van der Waals surface area (Å²) in [5, 5.41) is 14.9. The Hall–Kier alpha value is -1.72. The Morgan fingerprint density at radius 3 is 2.94 bits per heavy atom. The first-order valence-corrected chi connectivity index (χ1v) is 6.59. The average Bonchev–Trinajstić information content (AvgIpc) is 2.87. The molecule has 2 aromatic rings. The number of aromatic nitrogens is 5. The maximum absolute atomic E-state index is 4.14. The molecular formula is C12H18N6. The van der Waals surface area contributed by atoms with Gasteiger partial charge in [0.25, 0.3) is 0 Å². The minimum Gasteiger partial charge on any atom is -0.368 e. The van der Waals surface area contributed by atoms with Crippen molar-refractivity contribution in [2.45, 2.75) is 32.6 Å². The van der Waals surface area contributed by atoms with Crippen LogP contribution >= 0.6 is 0 Å². The Morgan fingerprint density at radius 1 is 1.28 bits per heavy atom. The predicted octanol–water partition coefficient (Wildman–Crippen LogP) is 1.76. The second-order valence-corrected chi connectivity index (χ2v) is 5.25. The van der Waals surface area contributed by atoms with E-state index in [2.05, 4.69) is 32.7 Å². The van der Waals surface area contributed by atoms with Crippen LogP contribution in [-0.4, -0.2) is 31.6 Å². The Kier molecular flexibility index (Phi) is 3.08. The highest BCUT2D eigenvalue weighted by Crippen LogP contribution is 2.28. The standard InChI is InChI=1S/C12H18N6/c1-9-2-4-10(5-3-9)6-14-11-7-13-8-12-15-16-17-18(11)12/h7-10,14H,2-6H2,1H3. The summed E-state index contributed by atoms with van der Waals surface area (Å²) in [6.07, 6.45) is 8.75. The minimum absolute atomic E-state index is 0.678. The number of nitrogens with zero attached hydrogens (tertiary/aromatic N) is 5. The normalized spacial score (nSPS) is 24.3. The number of hydrogen-bond acceptors (Lipinski definition) is 5. The molecule has 0 aromatic carbocycles. The van der Waals surface area contributed by atoms with Crippen molar-refractivity contribution in [1.82, 2.24) is 25.0 Å². The van der Waals surface area contributed by atoms with E-state index in [4.69, 9.17) is 0 Å². The highest BCUT2D eigenvalue weighted by Gasteiger charge is 2.18. The third kappa shape index (κ3) is 2.27. The molecule has 0 amide bonds. The number of hydrogen-bond donors (Lipinski definition) is 1. The van der Waals surface area contributed by atoms with Crippen LogP contribution in [0.1, 0.15) is 32.6 Å². The molecule has 1 N–H and O–H groups in total. The number of nitrogens with one attached hydrogen (secondary N) is 1. The lowest BCUT2D eigenvalue weighted by Crippen LogP contribution is -2.21. The molecule has 0 unspecified atom stereocenters. The van der Waals surface area contributed by atoms with Gasteiger partial charge in [-0.15, -0.1) is 5.10 Å². The average molecular weight is 246 g/mol. The third-order valence-corrected chi connectivity index (χ3v) is 3.82. The minimum atomic E-state index is 0.678. The van der Waals surface area contributed by atoms with Gasteiger partial charge in [0, 0.05) is 6.54 Å². The lowest BCUT2D eigenvalue weighted by molar-refractivity contribution is 0.300. The summed E-state index contributed by atoms with van der Waals surface area (Å²) in [5.74, 6) is 2.52. The summed E-state index contributed by atoms with van der Waals surface area (Å²) in [5.41, 5.74) is 0.678. The Labute approximate surface area is 106 Å². The van der Waals surface area contributed by atoms with Crippen LogP contribution in [0.3, 0.4) is 0 Å². The van der Waals surface area contributed by atoms with Crippen LogP contribution in [0.25, 0.3) is 5.65 Å². The highest BCUT2D eigenvalue weighted by molar-refractivity contribution is 5.43. The predicted molar refractivity (Wildman–Crippen MR) is 68.2 cm³/mol. The number of tetrazole rings is 1. The van der Waals surface area contributed by atoms with Crippen molar-refractivity contribution in [2.75, 3.05) is 11.9 Å². The van der Waals surface area contributed by atoms with E-state index in [0.717, 1.165) is 24.2 Å². The van der Waals surface area contributed by atoms with Gasteiger partial charge in [0.15, 0.2) is 5.65 Å². The second kappa shape index (κ2) is 4.88. The van der Waals surface area contributed by atoms with E-state index >= 15 is 0 Å². The van der Waals surface area contributed by atoms with E-state index in [1.165, 1.54) is 25.7 Å².